The van der Waals surface area contributed by atoms with Crippen LogP contribution in [0.5, 0.6) is 0 Å². The molecule has 1 nitrogen and oxygen atoms in total. The number of aliphatic hydroxyl groups excluding tert-OH is 1. The van der Waals surface area contributed by atoms with Gasteiger partial charge in [-0.1, -0.05) is 50.3 Å². The summed E-state index contributed by atoms with van der Waals surface area (Å²) < 4.78 is 0. The summed E-state index contributed by atoms with van der Waals surface area (Å²) in [5.41, 5.74) is 2.23. The summed E-state index contributed by atoms with van der Waals surface area (Å²) in [6.07, 6.45) is 5.00. The van der Waals surface area contributed by atoms with E-state index >= 15 is 0 Å². The molecule has 0 amide bonds. The van der Waals surface area contributed by atoms with E-state index in [-0.39, 0.29) is 12.0 Å². The third-order valence-electron chi connectivity index (χ3n) is 2.99. The summed E-state index contributed by atoms with van der Waals surface area (Å²) in [4.78, 5) is 0. The van der Waals surface area contributed by atoms with E-state index in [2.05, 4.69) is 32.1 Å². The highest BCUT2D eigenvalue weighted by molar-refractivity contribution is 5.57. The van der Waals surface area contributed by atoms with Gasteiger partial charge in [-0.15, -0.1) is 0 Å². The Morgan fingerprint density at radius 3 is 2.73 bits per heavy atom. The molecule has 0 fully saturated rings. The van der Waals surface area contributed by atoms with E-state index in [4.69, 9.17) is 0 Å². The topological polar surface area (TPSA) is 20.2 Å². The number of aliphatic hydroxyl groups is 1. The van der Waals surface area contributed by atoms with Gasteiger partial charge in [0.05, 0.1) is 6.10 Å². The molecule has 1 heteroatoms. The minimum absolute atomic E-state index is 0.278. The fraction of sp³-hybridized carbons (Fsp3) is 0.429. The number of hydrogen-bond donors (Lipinski definition) is 1. The molecular weight excluding hydrogens is 184 g/mol. The monoisotopic (exact) mass is 202 g/mol. The Bertz CT molecular complexity index is 365. The van der Waals surface area contributed by atoms with Gasteiger partial charge in [0.2, 0.25) is 0 Å². The Kier molecular flexibility index (Phi) is 2.92. The predicted octanol–water partition coefficient (Wildman–Crippen LogP) is 3.41. The van der Waals surface area contributed by atoms with Gasteiger partial charge in [0.15, 0.2) is 0 Å². The molecule has 0 spiro atoms. The molecular formula is C14H18O. The number of hydrogen-bond acceptors (Lipinski definition) is 1. The van der Waals surface area contributed by atoms with Crippen molar-refractivity contribution in [1.29, 1.82) is 0 Å². The maximum atomic E-state index is 10.2. The number of benzene rings is 1. The van der Waals surface area contributed by atoms with E-state index in [1.54, 1.807) is 0 Å². The van der Waals surface area contributed by atoms with Crippen LogP contribution in [-0.4, -0.2) is 5.11 Å². The molecule has 0 saturated heterocycles. The summed E-state index contributed by atoms with van der Waals surface area (Å²) in [5.74, 6) is 0.902. The number of fused-ring (bicyclic) bond motifs is 1. The zero-order valence-corrected chi connectivity index (χ0v) is 9.35. The second-order valence-corrected chi connectivity index (χ2v) is 4.73. The Morgan fingerprint density at radius 1 is 1.27 bits per heavy atom. The van der Waals surface area contributed by atoms with Crippen molar-refractivity contribution < 1.29 is 5.11 Å². The molecule has 0 saturated carbocycles. The summed E-state index contributed by atoms with van der Waals surface area (Å²) >= 11 is 0. The molecule has 80 valence electrons. The van der Waals surface area contributed by atoms with E-state index in [0.717, 1.165) is 17.5 Å². The molecule has 0 radical (unpaired) electrons. The smallest absolute Gasteiger partial charge is 0.0858 e. The molecule has 1 aromatic carbocycles. The SMILES string of the molecule is CC(C)C[C@@H]1C=Cc2ccccc2[C@@H]1O. The van der Waals surface area contributed by atoms with E-state index in [9.17, 15) is 5.11 Å². The van der Waals surface area contributed by atoms with Crippen molar-refractivity contribution in [3.8, 4) is 0 Å². The van der Waals surface area contributed by atoms with Crippen LogP contribution in [0.1, 0.15) is 37.5 Å². The van der Waals surface area contributed by atoms with Gasteiger partial charge >= 0.3 is 0 Å². The molecule has 0 bridgehead atoms. The average molecular weight is 202 g/mol. The fourth-order valence-electron chi connectivity index (χ4n) is 2.25. The Hall–Kier alpha value is -1.08. The van der Waals surface area contributed by atoms with Crippen molar-refractivity contribution in [3.63, 3.8) is 0 Å². The van der Waals surface area contributed by atoms with Crippen molar-refractivity contribution in [2.24, 2.45) is 11.8 Å². The van der Waals surface area contributed by atoms with Crippen LogP contribution < -0.4 is 0 Å². The van der Waals surface area contributed by atoms with Crippen LogP contribution >= 0.6 is 0 Å². The predicted molar refractivity (Wildman–Crippen MR) is 63.4 cm³/mol. The van der Waals surface area contributed by atoms with Crippen LogP contribution in [0.4, 0.5) is 0 Å². The first-order valence-electron chi connectivity index (χ1n) is 5.63. The van der Waals surface area contributed by atoms with Gasteiger partial charge < -0.3 is 5.11 Å². The van der Waals surface area contributed by atoms with E-state index in [1.165, 1.54) is 0 Å². The quantitative estimate of drug-likeness (QED) is 0.779. The lowest BCUT2D eigenvalue weighted by atomic mass is 9.82. The van der Waals surface area contributed by atoms with Crippen molar-refractivity contribution in [2.75, 3.05) is 0 Å². The van der Waals surface area contributed by atoms with Crippen LogP contribution in [0.2, 0.25) is 0 Å². The normalized spacial score (nSPS) is 24.3. The summed E-state index contributed by atoms with van der Waals surface area (Å²) in [7, 11) is 0. The Balaban J connectivity index is 2.25. The van der Waals surface area contributed by atoms with E-state index < -0.39 is 0 Å². The highest BCUT2D eigenvalue weighted by atomic mass is 16.3. The average Bonchev–Trinajstić information content (AvgIpc) is 2.22. The molecule has 0 aliphatic heterocycles. The second-order valence-electron chi connectivity index (χ2n) is 4.73. The van der Waals surface area contributed by atoms with Gasteiger partial charge in [-0.25, -0.2) is 0 Å². The van der Waals surface area contributed by atoms with Crippen LogP contribution in [0, 0.1) is 11.8 Å². The van der Waals surface area contributed by atoms with Crippen molar-refractivity contribution in [3.05, 3.63) is 41.5 Å². The van der Waals surface area contributed by atoms with Gasteiger partial charge in [0, 0.05) is 5.92 Å². The summed E-state index contributed by atoms with van der Waals surface area (Å²) in [6.45, 7) is 4.39. The summed E-state index contributed by atoms with van der Waals surface area (Å²) in [6, 6.07) is 8.09. The maximum Gasteiger partial charge on any atom is 0.0858 e. The van der Waals surface area contributed by atoms with Gasteiger partial charge in [-0.05, 0) is 23.5 Å². The van der Waals surface area contributed by atoms with Crippen molar-refractivity contribution in [2.45, 2.75) is 26.4 Å². The lowest BCUT2D eigenvalue weighted by molar-refractivity contribution is 0.118. The van der Waals surface area contributed by atoms with E-state index in [1.807, 2.05) is 18.2 Å². The van der Waals surface area contributed by atoms with Gasteiger partial charge in [-0.3, -0.25) is 0 Å². The molecule has 2 atom stereocenters. The first kappa shape index (κ1) is 10.4. The van der Waals surface area contributed by atoms with Crippen LogP contribution in [-0.2, 0) is 0 Å². The standard InChI is InChI=1S/C14H18O/c1-10(2)9-12-8-7-11-5-3-4-6-13(11)14(12)15/h3-8,10,12,14-15H,9H2,1-2H3/t12-,14+/m0/s1. The van der Waals surface area contributed by atoms with Gasteiger partial charge in [0.1, 0.15) is 0 Å². The molecule has 1 aliphatic rings. The van der Waals surface area contributed by atoms with Crippen molar-refractivity contribution >= 4 is 6.08 Å². The zero-order chi connectivity index (χ0) is 10.8. The minimum Gasteiger partial charge on any atom is -0.388 e. The highest BCUT2D eigenvalue weighted by Crippen LogP contribution is 2.35. The molecule has 15 heavy (non-hydrogen) atoms. The third kappa shape index (κ3) is 2.13. The molecule has 1 aromatic rings. The van der Waals surface area contributed by atoms with Crippen LogP contribution in [0.3, 0.4) is 0 Å². The van der Waals surface area contributed by atoms with Gasteiger partial charge in [-0.2, -0.15) is 0 Å². The molecule has 0 unspecified atom stereocenters. The Labute approximate surface area is 91.4 Å². The highest BCUT2D eigenvalue weighted by Gasteiger charge is 2.24. The summed E-state index contributed by atoms with van der Waals surface area (Å²) in [5, 5.41) is 10.2. The molecule has 0 aromatic heterocycles. The molecule has 2 rings (SSSR count). The first-order valence-corrected chi connectivity index (χ1v) is 5.63. The second kappa shape index (κ2) is 4.19. The van der Waals surface area contributed by atoms with Crippen molar-refractivity contribution in [1.82, 2.24) is 0 Å². The first-order chi connectivity index (χ1) is 7.18. The minimum atomic E-state index is -0.325. The van der Waals surface area contributed by atoms with Crippen LogP contribution in [0.15, 0.2) is 30.3 Å². The van der Waals surface area contributed by atoms with E-state index in [0.29, 0.717) is 5.92 Å². The maximum absolute atomic E-state index is 10.2. The van der Waals surface area contributed by atoms with Gasteiger partial charge in [0.25, 0.3) is 0 Å². The molecule has 1 N–H and O–H groups in total. The fourth-order valence-corrected chi connectivity index (χ4v) is 2.25. The largest absolute Gasteiger partial charge is 0.388 e. The van der Waals surface area contributed by atoms with Crippen LogP contribution in [0.25, 0.3) is 6.08 Å². The number of rotatable bonds is 2. The third-order valence-corrected chi connectivity index (χ3v) is 2.99. The lowest BCUT2D eigenvalue weighted by Crippen LogP contribution is -2.16. The Morgan fingerprint density at radius 2 is 2.00 bits per heavy atom. The zero-order valence-electron chi connectivity index (χ0n) is 9.35. The molecule has 1 aliphatic carbocycles. The lowest BCUT2D eigenvalue weighted by Gasteiger charge is -2.26. The molecule has 0 heterocycles.